The minimum Gasteiger partial charge on any atom is -0.385 e. The number of hydrazone groups is 1. The van der Waals surface area contributed by atoms with E-state index in [1.54, 1.807) is 6.08 Å². The summed E-state index contributed by atoms with van der Waals surface area (Å²) in [7, 11) is 0. The Balaban J connectivity index is 4.62. The molecule has 0 fully saturated rings. The lowest BCUT2D eigenvalue weighted by Gasteiger charge is -2.03. The summed E-state index contributed by atoms with van der Waals surface area (Å²) in [5.41, 5.74) is 16.5. The Kier molecular flexibility index (Phi) is 3.58. The van der Waals surface area contributed by atoms with E-state index < -0.39 is 0 Å². The van der Waals surface area contributed by atoms with E-state index >= 15 is 0 Å². The van der Waals surface area contributed by atoms with Crippen LogP contribution in [0.5, 0.6) is 0 Å². The normalized spacial score (nSPS) is 10.7. The number of nitrogens with zero attached hydrogens (tertiary/aromatic N) is 1. The molecule has 0 aromatic rings. The first-order chi connectivity index (χ1) is 5.13. The Morgan fingerprint density at radius 1 is 1.36 bits per heavy atom. The van der Waals surface area contributed by atoms with Crippen molar-refractivity contribution in [3.63, 3.8) is 0 Å². The third-order valence-electron chi connectivity index (χ3n) is 1.15. The highest BCUT2D eigenvalue weighted by Crippen LogP contribution is 2.01. The highest BCUT2D eigenvalue weighted by molar-refractivity contribution is 5.97. The average Bonchev–Trinajstić information content (AvgIpc) is 1.98. The van der Waals surface area contributed by atoms with Gasteiger partial charge in [0.15, 0.2) is 0 Å². The van der Waals surface area contributed by atoms with E-state index in [1.807, 2.05) is 0 Å². The molecule has 0 heterocycles. The maximum Gasteiger partial charge on any atom is 0.150 e. The van der Waals surface area contributed by atoms with Crippen LogP contribution in [0.2, 0.25) is 0 Å². The SMILES string of the molecule is C=CCC(=C(N)N)/C(N)=N/N. The molecule has 0 spiro atoms. The Bertz CT molecular complexity index is 199. The number of allylic oxidation sites excluding steroid dienone is 1. The van der Waals surface area contributed by atoms with Crippen molar-refractivity contribution in [2.24, 2.45) is 28.1 Å². The van der Waals surface area contributed by atoms with Crippen molar-refractivity contribution in [2.45, 2.75) is 6.42 Å². The van der Waals surface area contributed by atoms with Crippen LogP contribution in [0.3, 0.4) is 0 Å². The second-order valence-electron chi connectivity index (χ2n) is 1.94. The Morgan fingerprint density at radius 2 is 1.91 bits per heavy atom. The van der Waals surface area contributed by atoms with Crippen LogP contribution in [0.25, 0.3) is 0 Å². The molecular formula is C6H13N5. The maximum absolute atomic E-state index is 5.36. The van der Waals surface area contributed by atoms with Gasteiger partial charge in [-0.25, -0.2) is 0 Å². The Hall–Kier alpha value is -1.65. The topological polar surface area (TPSA) is 116 Å². The molecule has 0 aliphatic heterocycles. The van der Waals surface area contributed by atoms with E-state index in [2.05, 4.69) is 11.7 Å². The molecule has 62 valence electrons. The highest BCUT2D eigenvalue weighted by atomic mass is 15.2. The van der Waals surface area contributed by atoms with Crippen LogP contribution < -0.4 is 23.0 Å². The van der Waals surface area contributed by atoms with Crippen LogP contribution in [0.4, 0.5) is 0 Å². The van der Waals surface area contributed by atoms with Gasteiger partial charge in [-0.3, -0.25) is 0 Å². The predicted octanol–water partition coefficient (Wildman–Crippen LogP) is -1.08. The van der Waals surface area contributed by atoms with Gasteiger partial charge in [0.25, 0.3) is 0 Å². The molecule has 0 saturated heterocycles. The van der Waals surface area contributed by atoms with E-state index in [0.29, 0.717) is 12.0 Å². The quantitative estimate of drug-likeness (QED) is 0.136. The van der Waals surface area contributed by atoms with Gasteiger partial charge < -0.3 is 23.0 Å². The molecule has 8 N–H and O–H groups in total. The highest BCUT2D eigenvalue weighted by Gasteiger charge is 2.03. The monoisotopic (exact) mass is 155 g/mol. The maximum atomic E-state index is 5.36. The second-order valence-corrected chi connectivity index (χ2v) is 1.94. The van der Waals surface area contributed by atoms with E-state index in [9.17, 15) is 0 Å². The molecule has 11 heavy (non-hydrogen) atoms. The first-order valence-electron chi connectivity index (χ1n) is 3.02. The van der Waals surface area contributed by atoms with Gasteiger partial charge in [-0.15, -0.1) is 6.58 Å². The summed E-state index contributed by atoms with van der Waals surface area (Å²) in [4.78, 5) is 0. The first kappa shape index (κ1) is 9.35. The van der Waals surface area contributed by atoms with Gasteiger partial charge in [-0.1, -0.05) is 6.08 Å². The van der Waals surface area contributed by atoms with Crippen molar-refractivity contribution in [1.82, 2.24) is 0 Å². The lowest BCUT2D eigenvalue weighted by atomic mass is 10.1. The summed E-state index contributed by atoms with van der Waals surface area (Å²) >= 11 is 0. The fraction of sp³-hybridized carbons (Fsp3) is 0.167. The molecule has 5 heteroatoms. The van der Waals surface area contributed by atoms with Crippen molar-refractivity contribution in [1.29, 1.82) is 0 Å². The number of rotatable bonds is 3. The summed E-state index contributed by atoms with van der Waals surface area (Å²) in [6, 6.07) is 0. The fourth-order valence-corrected chi connectivity index (χ4v) is 0.593. The zero-order valence-electron chi connectivity index (χ0n) is 6.25. The van der Waals surface area contributed by atoms with E-state index in [4.69, 9.17) is 23.0 Å². The lowest BCUT2D eigenvalue weighted by Crippen LogP contribution is -2.24. The zero-order valence-corrected chi connectivity index (χ0v) is 6.25. The zero-order chi connectivity index (χ0) is 8.85. The Morgan fingerprint density at radius 3 is 2.18 bits per heavy atom. The van der Waals surface area contributed by atoms with Gasteiger partial charge in [0.1, 0.15) is 11.7 Å². The molecule has 0 radical (unpaired) electrons. The summed E-state index contributed by atoms with van der Waals surface area (Å²) in [5, 5.41) is 3.26. The van der Waals surface area contributed by atoms with Crippen molar-refractivity contribution in [3.05, 3.63) is 24.0 Å². The Labute approximate surface area is 65.4 Å². The van der Waals surface area contributed by atoms with E-state index in [1.165, 1.54) is 0 Å². The van der Waals surface area contributed by atoms with Crippen molar-refractivity contribution >= 4 is 5.84 Å². The van der Waals surface area contributed by atoms with Crippen LogP contribution in [0.15, 0.2) is 29.2 Å². The average molecular weight is 155 g/mol. The minimum absolute atomic E-state index is 0.122. The molecule has 0 bridgehead atoms. The second kappa shape index (κ2) is 4.21. The van der Waals surface area contributed by atoms with Crippen LogP contribution >= 0.6 is 0 Å². The summed E-state index contributed by atoms with van der Waals surface area (Å²) in [6.45, 7) is 3.50. The minimum atomic E-state index is 0.122. The van der Waals surface area contributed by atoms with Crippen LogP contribution in [-0.4, -0.2) is 5.84 Å². The van der Waals surface area contributed by atoms with Crippen LogP contribution in [-0.2, 0) is 0 Å². The molecule has 0 aliphatic rings. The molecule has 0 unspecified atom stereocenters. The van der Waals surface area contributed by atoms with E-state index in [0.717, 1.165) is 0 Å². The van der Waals surface area contributed by atoms with Gasteiger partial charge in [-0.05, 0) is 6.42 Å². The number of amidine groups is 1. The summed E-state index contributed by atoms with van der Waals surface area (Å²) in [5.74, 6) is 5.19. The molecule has 0 amide bonds. The third-order valence-corrected chi connectivity index (χ3v) is 1.15. The molecule has 0 aromatic heterocycles. The third kappa shape index (κ3) is 2.61. The van der Waals surface area contributed by atoms with Gasteiger partial charge >= 0.3 is 0 Å². The lowest BCUT2D eigenvalue weighted by molar-refractivity contribution is 1.12. The molecule has 0 atom stereocenters. The molecule has 0 aromatic carbocycles. The predicted molar refractivity (Wildman–Crippen MR) is 46.0 cm³/mol. The van der Waals surface area contributed by atoms with Gasteiger partial charge in [-0.2, -0.15) is 5.10 Å². The molecule has 0 rings (SSSR count). The van der Waals surface area contributed by atoms with Gasteiger partial charge in [0, 0.05) is 5.57 Å². The fourth-order valence-electron chi connectivity index (χ4n) is 0.593. The van der Waals surface area contributed by atoms with E-state index in [-0.39, 0.29) is 11.7 Å². The number of nitrogens with two attached hydrogens (primary N) is 4. The smallest absolute Gasteiger partial charge is 0.150 e. The number of hydrogen-bond donors (Lipinski definition) is 4. The van der Waals surface area contributed by atoms with Gasteiger partial charge in [0.05, 0.1) is 0 Å². The first-order valence-corrected chi connectivity index (χ1v) is 3.02. The van der Waals surface area contributed by atoms with Crippen molar-refractivity contribution in [2.75, 3.05) is 0 Å². The van der Waals surface area contributed by atoms with Gasteiger partial charge in [0.2, 0.25) is 0 Å². The number of hydrogen-bond acceptors (Lipinski definition) is 4. The largest absolute Gasteiger partial charge is 0.385 e. The standard InChI is InChI=1S/C6H13N5/c1-2-3-4(5(7)8)6(9)11-10/h2H,1,3,7-8,10H2,(H2,9,11). The molecular weight excluding hydrogens is 142 g/mol. The van der Waals surface area contributed by atoms with Crippen molar-refractivity contribution < 1.29 is 0 Å². The summed E-state index contributed by atoms with van der Waals surface area (Å²) in [6.07, 6.45) is 2.09. The van der Waals surface area contributed by atoms with Crippen molar-refractivity contribution in [3.8, 4) is 0 Å². The molecule has 0 saturated carbocycles. The van der Waals surface area contributed by atoms with Crippen LogP contribution in [0.1, 0.15) is 6.42 Å². The molecule has 0 aliphatic carbocycles. The van der Waals surface area contributed by atoms with Crippen LogP contribution in [0, 0.1) is 0 Å². The summed E-state index contributed by atoms with van der Waals surface area (Å²) < 4.78 is 0. The molecule has 5 nitrogen and oxygen atoms in total.